The summed E-state index contributed by atoms with van der Waals surface area (Å²) in [5, 5.41) is 0.929. The second-order valence-electron chi connectivity index (χ2n) is 5.48. The van der Waals surface area contributed by atoms with Crippen molar-refractivity contribution in [2.75, 3.05) is 14.2 Å². The molecule has 0 saturated heterocycles. The first-order chi connectivity index (χ1) is 13.0. The van der Waals surface area contributed by atoms with Crippen molar-refractivity contribution < 1.29 is 19.1 Å². The molecule has 0 aliphatic heterocycles. The Hall–Kier alpha value is -2.88. The highest BCUT2D eigenvalue weighted by Crippen LogP contribution is 2.31. The Kier molecular flexibility index (Phi) is 5.75. The quantitative estimate of drug-likeness (QED) is 0.446. The fourth-order valence-electron chi connectivity index (χ4n) is 2.47. The fraction of sp³-hybridized carbons (Fsp3) is 0.105. The van der Waals surface area contributed by atoms with Crippen molar-refractivity contribution in [3.05, 3.63) is 63.4 Å². The molecule has 138 valence electrons. The van der Waals surface area contributed by atoms with Gasteiger partial charge in [0, 0.05) is 8.96 Å². The Labute approximate surface area is 169 Å². The van der Waals surface area contributed by atoms with Gasteiger partial charge in [0.1, 0.15) is 5.69 Å². The third-order valence-electron chi connectivity index (χ3n) is 3.84. The number of halogens is 1. The smallest absolute Gasteiger partial charge is 0.288 e. The number of rotatable bonds is 4. The minimum absolute atomic E-state index is 0.205. The molecule has 1 heterocycles. The molecular weight excluding hydrogens is 461 g/mol. The summed E-state index contributed by atoms with van der Waals surface area (Å²) < 4.78 is 11.1. The van der Waals surface area contributed by atoms with Crippen LogP contribution in [0.1, 0.15) is 20.8 Å². The molecule has 0 radical (unpaired) electrons. The van der Waals surface area contributed by atoms with Crippen molar-refractivity contribution in [1.82, 2.24) is 15.8 Å². The molecule has 1 aromatic heterocycles. The number of pyridine rings is 1. The monoisotopic (exact) mass is 477 g/mol. The van der Waals surface area contributed by atoms with Crippen LogP contribution < -0.4 is 20.3 Å². The molecule has 3 rings (SSSR count). The van der Waals surface area contributed by atoms with Crippen LogP contribution in [0.3, 0.4) is 0 Å². The summed E-state index contributed by atoms with van der Waals surface area (Å²) in [6.45, 7) is 0. The third kappa shape index (κ3) is 4.11. The van der Waals surface area contributed by atoms with Crippen molar-refractivity contribution >= 4 is 45.3 Å². The number of methoxy groups -OCH3 is 2. The van der Waals surface area contributed by atoms with Gasteiger partial charge in [-0.1, -0.05) is 24.3 Å². The van der Waals surface area contributed by atoms with E-state index in [1.165, 1.54) is 14.2 Å². The van der Waals surface area contributed by atoms with Gasteiger partial charge < -0.3 is 9.47 Å². The zero-order chi connectivity index (χ0) is 19.4. The van der Waals surface area contributed by atoms with Gasteiger partial charge in [-0.15, -0.1) is 0 Å². The molecule has 0 atom stereocenters. The van der Waals surface area contributed by atoms with Gasteiger partial charge in [0.2, 0.25) is 0 Å². The number of para-hydroxylation sites is 1. The van der Waals surface area contributed by atoms with Crippen LogP contribution in [0, 0.1) is 3.57 Å². The summed E-state index contributed by atoms with van der Waals surface area (Å²) >= 11 is 2.01. The minimum atomic E-state index is -0.510. The van der Waals surface area contributed by atoms with E-state index in [4.69, 9.17) is 9.47 Å². The number of carbonyl (C=O) groups is 2. The number of aromatic nitrogens is 1. The van der Waals surface area contributed by atoms with Gasteiger partial charge in [0.25, 0.3) is 11.8 Å². The molecule has 27 heavy (non-hydrogen) atoms. The van der Waals surface area contributed by atoms with Crippen LogP contribution in [0.15, 0.2) is 48.5 Å². The van der Waals surface area contributed by atoms with Gasteiger partial charge in [-0.05, 0) is 46.9 Å². The molecule has 0 fully saturated rings. The van der Waals surface area contributed by atoms with Crippen molar-refractivity contribution in [3.8, 4) is 11.5 Å². The number of fused-ring (bicyclic) bond motifs is 1. The van der Waals surface area contributed by atoms with Crippen LogP contribution in [-0.2, 0) is 0 Å². The lowest BCUT2D eigenvalue weighted by Crippen LogP contribution is -2.42. The molecule has 0 aliphatic rings. The molecule has 3 aromatic rings. The normalized spacial score (nSPS) is 10.3. The molecule has 0 bridgehead atoms. The van der Waals surface area contributed by atoms with E-state index in [9.17, 15) is 9.59 Å². The van der Waals surface area contributed by atoms with Gasteiger partial charge in [0.15, 0.2) is 11.5 Å². The molecule has 2 aromatic carbocycles. The predicted octanol–water partition coefficient (Wildman–Crippen LogP) is 2.93. The maximum Gasteiger partial charge on any atom is 0.288 e. The molecule has 0 unspecified atom stereocenters. The zero-order valence-electron chi connectivity index (χ0n) is 14.6. The van der Waals surface area contributed by atoms with E-state index in [1.54, 1.807) is 24.3 Å². The maximum absolute atomic E-state index is 12.4. The van der Waals surface area contributed by atoms with E-state index in [2.05, 4.69) is 15.8 Å². The number of nitrogens with one attached hydrogen (secondary N) is 2. The number of hydrogen-bond acceptors (Lipinski definition) is 5. The van der Waals surface area contributed by atoms with Gasteiger partial charge >= 0.3 is 0 Å². The Morgan fingerprint density at radius 3 is 2.33 bits per heavy atom. The standard InChI is InChI=1S/C19H16IN3O4/c1-26-16-9-12(13(20)10-17(16)27-2)18(24)22-23-19(25)15-8-7-11-5-3-4-6-14(11)21-15/h3-10H,1-2H3,(H,22,24)(H,23,25). The average molecular weight is 477 g/mol. The first-order valence-corrected chi connectivity index (χ1v) is 8.99. The summed E-state index contributed by atoms with van der Waals surface area (Å²) in [5.41, 5.74) is 6.03. The molecule has 0 aliphatic carbocycles. The van der Waals surface area contributed by atoms with E-state index in [-0.39, 0.29) is 5.69 Å². The van der Waals surface area contributed by atoms with Gasteiger partial charge in [-0.2, -0.15) is 0 Å². The second kappa shape index (κ2) is 8.21. The molecule has 2 N–H and O–H groups in total. The second-order valence-corrected chi connectivity index (χ2v) is 6.65. The first kappa shape index (κ1) is 18.9. The number of benzene rings is 2. The fourth-order valence-corrected chi connectivity index (χ4v) is 3.15. The molecule has 7 nitrogen and oxygen atoms in total. The summed E-state index contributed by atoms with van der Waals surface area (Å²) in [4.78, 5) is 29.0. The minimum Gasteiger partial charge on any atom is -0.493 e. The van der Waals surface area contributed by atoms with Crippen molar-refractivity contribution in [3.63, 3.8) is 0 Å². The van der Waals surface area contributed by atoms with E-state index in [1.807, 2.05) is 46.9 Å². The number of ether oxygens (including phenoxy) is 2. The third-order valence-corrected chi connectivity index (χ3v) is 4.73. The molecule has 2 amide bonds. The largest absolute Gasteiger partial charge is 0.493 e. The van der Waals surface area contributed by atoms with Gasteiger partial charge in [-0.3, -0.25) is 20.4 Å². The van der Waals surface area contributed by atoms with Crippen LogP contribution in [-0.4, -0.2) is 31.0 Å². The first-order valence-electron chi connectivity index (χ1n) is 7.91. The average Bonchev–Trinajstić information content (AvgIpc) is 2.71. The zero-order valence-corrected chi connectivity index (χ0v) is 16.7. The molecule has 8 heteroatoms. The lowest BCUT2D eigenvalue weighted by Gasteiger charge is -2.12. The summed E-state index contributed by atoms with van der Waals surface area (Å²) in [6, 6.07) is 14.1. The maximum atomic E-state index is 12.4. The lowest BCUT2D eigenvalue weighted by atomic mass is 10.2. The van der Waals surface area contributed by atoms with Crippen LogP contribution >= 0.6 is 22.6 Å². The molecule has 0 spiro atoms. The highest BCUT2D eigenvalue weighted by atomic mass is 127. The summed E-state index contributed by atoms with van der Waals surface area (Å²) in [5.74, 6) is -0.0486. The van der Waals surface area contributed by atoms with E-state index < -0.39 is 11.8 Å². The topological polar surface area (TPSA) is 89.6 Å². The lowest BCUT2D eigenvalue weighted by molar-refractivity contribution is 0.0843. The van der Waals surface area contributed by atoms with Crippen LogP contribution in [0.5, 0.6) is 11.5 Å². The number of hydrogen-bond donors (Lipinski definition) is 2. The Morgan fingerprint density at radius 2 is 1.59 bits per heavy atom. The number of amides is 2. The number of hydrazine groups is 1. The SMILES string of the molecule is COc1cc(I)c(C(=O)NNC(=O)c2ccc3ccccc3n2)cc1OC. The van der Waals surface area contributed by atoms with Crippen LogP contribution in [0.2, 0.25) is 0 Å². The van der Waals surface area contributed by atoms with Gasteiger partial charge in [0.05, 0.1) is 25.3 Å². The van der Waals surface area contributed by atoms with Gasteiger partial charge in [-0.25, -0.2) is 4.98 Å². The van der Waals surface area contributed by atoms with Crippen LogP contribution in [0.25, 0.3) is 10.9 Å². The Morgan fingerprint density at radius 1 is 0.926 bits per heavy atom. The van der Waals surface area contributed by atoms with E-state index in [0.717, 1.165) is 5.39 Å². The van der Waals surface area contributed by atoms with Crippen LogP contribution in [0.4, 0.5) is 0 Å². The predicted molar refractivity (Wildman–Crippen MR) is 109 cm³/mol. The Balaban J connectivity index is 1.73. The Bertz CT molecular complexity index is 1020. The highest BCUT2D eigenvalue weighted by molar-refractivity contribution is 14.1. The van der Waals surface area contributed by atoms with Crippen molar-refractivity contribution in [1.29, 1.82) is 0 Å². The van der Waals surface area contributed by atoms with Crippen molar-refractivity contribution in [2.45, 2.75) is 0 Å². The molecule has 0 saturated carbocycles. The number of carbonyl (C=O) groups excluding carboxylic acids is 2. The highest BCUT2D eigenvalue weighted by Gasteiger charge is 2.17. The van der Waals surface area contributed by atoms with E-state index in [0.29, 0.717) is 26.1 Å². The van der Waals surface area contributed by atoms with E-state index >= 15 is 0 Å². The summed E-state index contributed by atoms with van der Waals surface area (Å²) in [6.07, 6.45) is 0. The number of nitrogens with zero attached hydrogens (tertiary/aromatic N) is 1. The molecular formula is C19H16IN3O4. The van der Waals surface area contributed by atoms with Crippen molar-refractivity contribution in [2.24, 2.45) is 0 Å². The summed E-state index contributed by atoms with van der Waals surface area (Å²) in [7, 11) is 3.00.